The maximum atomic E-state index is 12.3. The number of carbonyl (C=O) groups is 1. The fourth-order valence-corrected chi connectivity index (χ4v) is 3.23. The zero-order valence-corrected chi connectivity index (χ0v) is 13.2. The van der Waals surface area contributed by atoms with Gasteiger partial charge in [-0.2, -0.15) is 0 Å². The summed E-state index contributed by atoms with van der Waals surface area (Å²) in [5.41, 5.74) is 1.05. The van der Waals surface area contributed by atoms with E-state index in [9.17, 15) is 4.79 Å². The maximum absolute atomic E-state index is 12.3. The van der Waals surface area contributed by atoms with Crippen LogP contribution in [0.4, 0.5) is 0 Å². The van der Waals surface area contributed by atoms with Crippen LogP contribution in [0, 0.1) is 0 Å². The molecule has 0 saturated heterocycles. The van der Waals surface area contributed by atoms with Gasteiger partial charge in [0, 0.05) is 18.3 Å². The summed E-state index contributed by atoms with van der Waals surface area (Å²) >= 11 is 1.49. The Morgan fingerprint density at radius 1 is 1.30 bits per heavy atom. The molecule has 0 radical (unpaired) electrons. The molecule has 4 nitrogen and oxygen atoms in total. The Kier molecular flexibility index (Phi) is 4.70. The van der Waals surface area contributed by atoms with E-state index < -0.39 is 0 Å². The number of amides is 1. The fraction of sp³-hybridized carbons (Fsp3) is 0.467. The van der Waals surface area contributed by atoms with Crippen molar-refractivity contribution in [2.24, 2.45) is 0 Å². The van der Waals surface area contributed by atoms with Gasteiger partial charge in [0.2, 0.25) is 5.91 Å². The Morgan fingerprint density at radius 3 is 2.65 bits per heavy atom. The van der Waals surface area contributed by atoms with Gasteiger partial charge in [0.25, 0.3) is 0 Å². The van der Waals surface area contributed by atoms with Crippen molar-refractivity contribution in [3.8, 4) is 0 Å². The highest BCUT2D eigenvalue weighted by Gasteiger charge is 2.20. The molecule has 0 N–H and O–H groups in total. The summed E-state index contributed by atoms with van der Waals surface area (Å²) in [6, 6.07) is 6.40. The van der Waals surface area contributed by atoms with Crippen molar-refractivity contribution in [3.63, 3.8) is 0 Å². The lowest BCUT2D eigenvalue weighted by molar-refractivity contribution is -0.131. The van der Waals surface area contributed by atoms with Crippen molar-refractivity contribution in [3.05, 3.63) is 30.6 Å². The first-order valence-electron chi connectivity index (χ1n) is 6.86. The van der Waals surface area contributed by atoms with Crippen LogP contribution in [0.1, 0.15) is 27.7 Å². The molecule has 0 bridgehead atoms. The third-order valence-electron chi connectivity index (χ3n) is 3.13. The summed E-state index contributed by atoms with van der Waals surface area (Å²) in [6.07, 6.45) is 3.80. The molecule has 0 unspecified atom stereocenters. The summed E-state index contributed by atoms with van der Waals surface area (Å²) in [7, 11) is 0. The lowest BCUT2D eigenvalue weighted by atomic mass is 10.2. The first kappa shape index (κ1) is 14.9. The Balaban J connectivity index is 2.06. The smallest absolute Gasteiger partial charge is 0.233 e. The third-order valence-corrected chi connectivity index (χ3v) is 4.08. The minimum absolute atomic E-state index is 0.160. The second-order valence-corrected chi connectivity index (χ2v) is 6.26. The average Bonchev–Trinajstić information content (AvgIpc) is 2.78. The summed E-state index contributed by atoms with van der Waals surface area (Å²) in [5.74, 6) is 0.581. The largest absolute Gasteiger partial charge is 0.337 e. The zero-order valence-electron chi connectivity index (χ0n) is 12.4. The normalized spacial score (nSPS) is 11.5. The summed E-state index contributed by atoms with van der Waals surface area (Å²) in [5, 5.41) is 0.862. The van der Waals surface area contributed by atoms with Gasteiger partial charge in [0.1, 0.15) is 0 Å². The van der Waals surface area contributed by atoms with E-state index in [0.717, 1.165) is 10.7 Å². The summed E-state index contributed by atoms with van der Waals surface area (Å²) < 4.78 is 2.01. The van der Waals surface area contributed by atoms with Crippen LogP contribution in [0.5, 0.6) is 0 Å². The highest BCUT2D eigenvalue weighted by Crippen LogP contribution is 2.19. The van der Waals surface area contributed by atoms with Crippen molar-refractivity contribution in [1.29, 1.82) is 0 Å². The van der Waals surface area contributed by atoms with E-state index in [-0.39, 0.29) is 18.0 Å². The van der Waals surface area contributed by atoms with Gasteiger partial charge in [-0.1, -0.05) is 17.8 Å². The minimum atomic E-state index is 0.160. The molecule has 2 aromatic rings. The topological polar surface area (TPSA) is 37.6 Å². The lowest BCUT2D eigenvalue weighted by Gasteiger charge is -2.30. The van der Waals surface area contributed by atoms with E-state index in [1.165, 1.54) is 11.8 Å². The quantitative estimate of drug-likeness (QED) is 0.795. The van der Waals surface area contributed by atoms with Crippen LogP contribution in [0.15, 0.2) is 35.7 Å². The van der Waals surface area contributed by atoms with Gasteiger partial charge in [0.05, 0.1) is 17.5 Å². The van der Waals surface area contributed by atoms with Crippen LogP contribution >= 0.6 is 11.8 Å². The average molecular weight is 291 g/mol. The second kappa shape index (κ2) is 6.31. The van der Waals surface area contributed by atoms with Gasteiger partial charge in [-0.15, -0.1) is 0 Å². The number of fused-ring (bicyclic) bond motifs is 1. The standard InChI is InChI=1S/C15H21N3OS/c1-11(2)18(12(3)4)14(19)10-20-15-16-9-13-7-5-6-8-17(13)15/h5-9,11-12H,10H2,1-4H3. The minimum Gasteiger partial charge on any atom is -0.337 e. The van der Waals surface area contributed by atoms with Gasteiger partial charge in [0.15, 0.2) is 5.16 Å². The highest BCUT2D eigenvalue weighted by atomic mass is 32.2. The predicted octanol–water partition coefficient (Wildman–Crippen LogP) is 3.07. The molecule has 0 saturated carbocycles. The number of nitrogens with zero attached hydrogens (tertiary/aromatic N) is 3. The molecule has 0 spiro atoms. The molecule has 1 amide bonds. The van der Waals surface area contributed by atoms with Crippen LogP contribution < -0.4 is 0 Å². The molecule has 5 heteroatoms. The van der Waals surface area contributed by atoms with Gasteiger partial charge >= 0.3 is 0 Å². The van der Waals surface area contributed by atoms with Gasteiger partial charge < -0.3 is 4.90 Å². The molecular formula is C15H21N3OS. The predicted molar refractivity (Wildman–Crippen MR) is 83.0 cm³/mol. The van der Waals surface area contributed by atoms with Gasteiger partial charge in [-0.3, -0.25) is 9.20 Å². The molecule has 0 aliphatic carbocycles. The summed E-state index contributed by atoms with van der Waals surface area (Å²) in [4.78, 5) is 18.6. The van der Waals surface area contributed by atoms with Crippen LogP contribution in [0.3, 0.4) is 0 Å². The third kappa shape index (κ3) is 3.15. The maximum Gasteiger partial charge on any atom is 0.233 e. The Bertz CT molecular complexity index is 584. The molecule has 108 valence electrons. The molecule has 0 fully saturated rings. The zero-order chi connectivity index (χ0) is 14.7. The van der Waals surface area contributed by atoms with Gasteiger partial charge in [-0.25, -0.2) is 4.98 Å². The molecule has 2 heterocycles. The molecule has 0 atom stereocenters. The molecule has 20 heavy (non-hydrogen) atoms. The van der Waals surface area contributed by atoms with Crippen LogP contribution in [0.25, 0.3) is 5.52 Å². The number of carbonyl (C=O) groups excluding carboxylic acids is 1. The molecule has 2 aromatic heterocycles. The highest BCUT2D eigenvalue weighted by molar-refractivity contribution is 7.99. The Hall–Kier alpha value is -1.49. The van der Waals surface area contributed by atoms with Crippen molar-refractivity contribution >= 4 is 23.2 Å². The van der Waals surface area contributed by atoms with E-state index in [1.54, 1.807) is 0 Å². The number of hydrogen-bond acceptors (Lipinski definition) is 3. The van der Waals surface area contributed by atoms with E-state index >= 15 is 0 Å². The number of hydrogen-bond donors (Lipinski definition) is 0. The van der Waals surface area contributed by atoms with Gasteiger partial charge in [-0.05, 0) is 39.8 Å². The van der Waals surface area contributed by atoms with Crippen LogP contribution in [-0.4, -0.2) is 38.0 Å². The van der Waals surface area contributed by atoms with Crippen molar-refractivity contribution in [2.75, 3.05) is 5.75 Å². The monoisotopic (exact) mass is 291 g/mol. The first-order chi connectivity index (χ1) is 9.50. The number of rotatable bonds is 5. The van der Waals surface area contributed by atoms with Crippen LogP contribution in [0.2, 0.25) is 0 Å². The van der Waals surface area contributed by atoms with Crippen molar-refractivity contribution in [2.45, 2.75) is 44.9 Å². The molecular weight excluding hydrogens is 270 g/mol. The fourth-order valence-electron chi connectivity index (χ4n) is 2.40. The number of imidazole rings is 1. The molecule has 0 aliphatic heterocycles. The van der Waals surface area contributed by atoms with E-state index in [0.29, 0.717) is 5.75 Å². The second-order valence-electron chi connectivity index (χ2n) is 5.31. The van der Waals surface area contributed by atoms with Crippen LogP contribution in [-0.2, 0) is 4.79 Å². The number of thioether (sulfide) groups is 1. The SMILES string of the molecule is CC(C)N(C(=O)CSc1ncc2ccccn12)C(C)C. The first-order valence-corrected chi connectivity index (χ1v) is 7.85. The van der Waals surface area contributed by atoms with E-state index in [2.05, 4.69) is 4.98 Å². The lowest BCUT2D eigenvalue weighted by Crippen LogP contribution is -2.43. The van der Waals surface area contributed by atoms with Crippen molar-refractivity contribution < 1.29 is 4.79 Å². The van der Waals surface area contributed by atoms with Crippen molar-refractivity contribution in [1.82, 2.24) is 14.3 Å². The molecule has 0 aromatic carbocycles. The van der Waals surface area contributed by atoms with E-state index in [4.69, 9.17) is 0 Å². The Morgan fingerprint density at radius 2 is 2.00 bits per heavy atom. The Labute approximate surface area is 124 Å². The van der Waals surface area contributed by atoms with E-state index in [1.807, 2.05) is 67.6 Å². The molecule has 0 aliphatic rings. The molecule has 2 rings (SSSR count). The number of aromatic nitrogens is 2. The summed E-state index contributed by atoms with van der Waals surface area (Å²) in [6.45, 7) is 8.20. The number of pyridine rings is 1.